The molecule has 3 rings (SSSR count). The van der Waals surface area contributed by atoms with Crippen LogP contribution in [0.25, 0.3) is 5.76 Å². The zero-order chi connectivity index (χ0) is 24.1. The van der Waals surface area contributed by atoms with E-state index in [1.165, 1.54) is 53.4 Å². The molecule has 33 heavy (non-hydrogen) atoms. The number of amides is 1. The van der Waals surface area contributed by atoms with E-state index < -0.39 is 40.2 Å². The lowest BCUT2D eigenvalue weighted by atomic mass is 9.95. The van der Waals surface area contributed by atoms with Crippen LogP contribution in [0.2, 0.25) is 0 Å². The Hall–Kier alpha value is -4.08. The average molecular weight is 456 g/mol. The number of benzene rings is 2. The molecule has 1 heterocycles. The van der Waals surface area contributed by atoms with Gasteiger partial charge in [-0.3, -0.25) is 24.5 Å². The summed E-state index contributed by atoms with van der Waals surface area (Å²) in [5, 5.41) is 30.5. The molecule has 0 radical (unpaired) electrons. The first-order valence-corrected chi connectivity index (χ1v) is 10.2. The van der Waals surface area contributed by atoms with E-state index in [2.05, 4.69) is 0 Å². The lowest BCUT2D eigenvalue weighted by Crippen LogP contribution is -2.30. The molecule has 2 aromatic rings. The van der Waals surface area contributed by atoms with Crippen molar-refractivity contribution in [3.05, 3.63) is 81.2 Å². The summed E-state index contributed by atoms with van der Waals surface area (Å²) in [5.74, 6) is -3.70. The van der Waals surface area contributed by atoms with Crippen LogP contribution < -0.4 is 0 Å². The van der Waals surface area contributed by atoms with Gasteiger partial charge >= 0.3 is 5.97 Å². The number of hydrogen-bond donors (Lipinski definition) is 2. The summed E-state index contributed by atoms with van der Waals surface area (Å²) < 4.78 is 13.5. The standard InChI is InChI=1S/C23H21FN2O7/c24-16-9-5-14(6-10-16)20-19(21(29)15-7-11-17(12-8-15)26(32)33)22(30)23(31)25(20)13-3-1-2-4-18(27)28/h5-12,20,29H,1-4,13H2,(H,27,28). The SMILES string of the molecule is O=C(O)CCCCCN1C(=O)C(=O)C(=C(O)c2ccc([N+](=O)[O-])cc2)C1c1ccc(F)cc1. The van der Waals surface area contributed by atoms with Crippen molar-refractivity contribution in [3.8, 4) is 0 Å². The number of Topliss-reactive ketones (excluding diaryl/α,β-unsaturated/α-hetero) is 1. The van der Waals surface area contributed by atoms with Crippen LogP contribution in [0.3, 0.4) is 0 Å². The molecule has 1 amide bonds. The predicted molar refractivity (Wildman–Crippen MR) is 115 cm³/mol. The summed E-state index contributed by atoms with van der Waals surface area (Å²) in [6, 6.07) is 9.06. The third kappa shape index (κ3) is 5.22. The second-order valence-electron chi connectivity index (χ2n) is 7.55. The van der Waals surface area contributed by atoms with E-state index in [-0.39, 0.29) is 29.8 Å². The summed E-state index contributed by atoms with van der Waals surface area (Å²) in [6.07, 6.45) is 1.33. The Morgan fingerprint density at radius 3 is 2.21 bits per heavy atom. The van der Waals surface area contributed by atoms with Crippen LogP contribution in [0.15, 0.2) is 54.1 Å². The number of carbonyl (C=O) groups excluding carboxylic acids is 2. The van der Waals surface area contributed by atoms with Gasteiger partial charge in [0.1, 0.15) is 11.6 Å². The van der Waals surface area contributed by atoms with E-state index in [1.54, 1.807) is 0 Å². The van der Waals surface area contributed by atoms with Crippen LogP contribution >= 0.6 is 0 Å². The highest BCUT2D eigenvalue weighted by Gasteiger charge is 2.45. The summed E-state index contributed by atoms with van der Waals surface area (Å²) in [5.41, 5.74) is 0.117. The maximum absolute atomic E-state index is 13.5. The molecule has 9 nitrogen and oxygen atoms in total. The Labute approximate surface area is 187 Å². The Morgan fingerprint density at radius 2 is 1.64 bits per heavy atom. The lowest BCUT2D eigenvalue weighted by molar-refractivity contribution is -0.384. The highest BCUT2D eigenvalue weighted by molar-refractivity contribution is 6.46. The number of aliphatic carboxylic acids is 1. The number of carbonyl (C=O) groups is 3. The number of likely N-dealkylation sites (tertiary alicyclic amines) is 1. The van der Waals surface area contributed by atoms with Crippen LogP contribution in [-0.2, 0) is 14.4 Å². The zero-order valence-electron chi connectivity index (χ0n) is 17.4. The van der Waals surface area contributed by atoms with E-state index in [1.807, 2.05) is 0 Å². The number of nitro groups is 1. The van der Waals surface area contributed by atoms with Crippen molar-refractivity contribution in [1.29, 1.82) is 0 Å². The first-order valence-electron chi connectivity index (χ1n) is 10.2. The first kappa shape index (κ1) is 23.6. The smallest absolute Gasteiger partial charge is 0.303 e. The topological polar surface area (TPSA) is 138 Å². The van der Waals surface area contributed by atoms with Crippen LogP contribution in [-0.4, -0.2) is 44.2 Å². The Balaban J connectivity index is 1.97. The summed E-state index contributed by atoms with van der Waals surface area (Å²) in [7, 11) is 0. The third-order valence-corrected chi connectivity index (χ3v) is 5.37. The van der Waals surface area contributed by atoms with Crippen molar-refractivity contribution in [2.24, 2.45) is 0 Å². The number of rotatable bonds is 9. The molecule has 1 fully saturated rings. The number of nitro benzene ring substituents is 1. The fraction of sp³-hybridized carbons (Fsp3) is 0.261. The van der Waals surface area contributed by atoms with E-state index in [4.69, 9.17) is 5.11 Å². The van der Waals surface area contributed by atoms with Gasteiger partial charge in [-0.25, -0.2) is 4.39 Å². The second kappa shape index (κ2) is 10.0. The number of aliphatic hydroxyl groups excluding tert-OH is 1. The summed E-state index contributed by atoms with van der Waals surface area (Å²) in [6.45, 7) is 0.128. The van der Waals surface area contributed by atoms with E-state index >= 15 is 0 Å². The molecule has 1 saturated heterocycles. The van der Waals surface area contributed by atoms with Crippen LogP contribution in [0.5, 0.6) is 0 Å². The number of halogens is 1. The van der Waals surface area contributed by atoms with Crippen molar-refractivity contribution in [2.45, 2.75) is 31.7 Å². The first-order chi connectivity index (χ1) is 15.7. The van der Waals surface area contributed by atoms with E-state index in [9.17, 15) is 34.0 Å². The van der Waals surface area contributed by atoms with Gasteiger partial charge in [0.2, 0.25) is 0 Å². The molecule has 10 heteroatoms. The van der Waals surface area contributed by atoms with Crippen LogP contribution in [0.1, 0.15) is 42.9 Å². The number of non-ortho nitro benzene ring substituents is 1. The summed E-state index contributed by atoms with van der Waals surface area (Å²) in [4.78, 5) is 47.9. The molecule has 0 aliphatic carbocycles. The minimum Gasteiger partial charge on any atom is -0.507 e. The molecule has 1 atom stereocenters. The van der Waals surface area contributed by atoms with Gasteiger partial charge in [-0.2, -0.15) is 0 Å². The van der Waals surface area contributed by atoms with Gasteiger partial charge < -0.3 is 15.1 Å². The fourth-order valence-corrected chi connectivity index (χ4v) is 3.73. The Kier molecular flexibility index (Phi) is 7.17. The van der Waals surface area contributed by atoms with E-state index in [0.717, 1.165) is 0 Å². The van der Waals surface area contributed by atoms with Crippen molar-refractivity contribution in [2.75, 3.05) is 6.54 Å². The molecule has 1 unspecified atom stereocenters. The molecule has 2 aromatic carbocycles. The molecule has 0 spiro atoms. The molecule has 172 valence electrons. The number of aliphatic hydroxyl groups is 1. The van der Waals surface area contributed by atoms with Crippen molar-refractivity contribution in [1.82, 2.24) is 4.90 Å². The molecule has 0 aromatic heterocycles. The number of carboxylic acids is 1. The van der Waals surface area contributed by atoms with Crippen molar-refractivity contribution < 1.29 is 33.9 Å². The van der Waals surface area contributed by atoms with Gasteiger partial charge in [0.25, 0.3) is 17.4 Å². The van der Waals surface area contributed by atoms with Gasteiger partial charge in [0.05, 0.1) is 16.5 Å². The fourth-order valence-electron chi connectivity index (χ4n) is 3.73. The molecule has 0 saturated carbocycles. The van der Waals surface area contributed by atoms with Gasteiger partial charge in [-0.15, -0.1) is 0 Å². The predicted octanol–water partition coefficient (Wildman–Crippen LogP) is 3.80. The normalized spacial score (nSPS) is 17.4. The average Bonchev–Trinajstić information content (AvgIpc) is 3.03. The minimum absolute atomic E-state index is 0.0135. The minimum atomic E-state index is -0.986. The van der Waals surface area contributed by atoms with Gasteiger partial charge in [-0.1, -0.05) is 18.6 Å². The largest absolute Gasteiger partial charge is 0.507 e. The van der Waals surface area contributed by atoms with Crippen molar-refractivity contribution in [3.63, 3.8) is 0 Å². The van der Waals surface area contributed by atoms with Crippen LogP contribution in [0.4, 0.5) is 10.1 Å². The third-order valence-electron chi connectivity index (χ3n) is 5.37. The van der Waals surface area contributed by atoms with Gasteiger partial charge in [0.15, 0.2) is 0 Å². The Morgan fingerprint density at radius 1 is 1.00 bits per heavy atom. The molecule has 0 bridgehead atoms. The second-order valence-corrected chi connectivity index (χ2v) is 7.55. The molecule has 2 N–H and O–H groups in total. The summed E-state index contributed by atoms with van der Waals surface area (Å²) >= 11 is 0. The number of hydrogen-bond acceptors (Lipinski definition) is 6. The number of unbranched alkanes of at least 4 members (excludes halogenated alkanes) is 2. The maximum Gasteiger partial charge on any atom is 0.303 e. The monoisotopic (exact) mass is 456 g/mol. The maximum atomic E-state index is 13.5. The highest BCUT2D eigenvalue weighted by atomic mass is 19.1. The Bertz CT molecular complexity index is 1110. The zero-order valence-corrected chi connectivity index (χ0v) is 17.4. The molecular weight excluding hydrogens is 435 g/mol. The number of carboxylic acid groups (broad SMARTS) is 1. The lowest BCUT2D eigenvalue weighted by Gasteiger charge is -2.25. The van der Waals surface area contributed by atoms with Gasteiger partial charge in [0, 0.05) is 30.7 Å². The van der Waals surface area contributed by atoms with Crippen LogP contribution in [0, 0.1) is 15.9 Å². The molecular formula is C23H21FN2O7. The molecule has 1 aliphatic heterocycles. The highest BCUT2D eigenvalue weighted by Crippen LogP contribution is 2.39. The van der Waals surface area contributed by atoms with E-state index in [0.29, 0.717) is 24.8 Å². The quantitative estimate of drug-likeness (QED) is 0.146. The molecule has 1 aliphatic rings. The number of nitrogens with zero attached hydrogens (tertiary/aromatic N) is 2. The number of ketones is 1. The van der Waals surface area contributed by atoms with Crippen molar-refractivity contribution >= 4 is 29.1 Å². The van der Waals surface area contributed by atoms with Gasteiger partial charge in [-0.05, 0) is 42.7 Å².